The molecule has 0 radical (unpaired) electrons. The molecule has 2 heterocycles. The van der Waals surface area contributed by atoms with E-state index in [9.17, 15) is 14.7 Å². The molecule has 1 unspecified atom stereocenters. The molecule has 190 valence electrons. The first kappa shape index (κ1) is 24.2. The Kier molecular flexibility index (Phi) is 6.72. The molecule has 1 N–H and O–H groups in total. The molecule has 1 saturated heterocycles. The Morgan fingerprint density at radius 1 is 1.00 bits per heavy atom. The number of amides is 1. The largest absolute Gasteiger partial charge is 0.507 e. The summed E-state index contributed by atoms with van der Waals surface area (Å²) < 4.78 is 22.0. The number of likely N-dealkylation sites (tertiary alicyclic amines) is 1. The second-order valence-electron chi connectivity index (χ2n) is 8.77. The zero-order valence-electron chi connectivity index (χ0n) is 20.6. The van der Waals surface area contributed by atoms with E-state index in [1.165, 1.54) is 4.90 Å². The van der Waals surface area contributed by atoms with Crippen molar-refractivity contribution in [3.8, 4) is 23.0 Å². The number of carbonyl (C=O) groups is 2. The van der Waals surface area contributed by atoms with Crippen LogP contribution in [-0.4, -0.2) is 42.2 Å². The average Bonchev–Trinajstić information content (AvgIpc) is 3.49. The Hall–Kier alpha value is -4.46. The molecule has 0 aromatic heterocycles. The molecule has 2 aliphatic heterocycles. The minimum absolute atomic E-state index is 0.00615. The van der Waals surface area contributed by atoms with Crippen molar-refractivity contribution in [2.75, 3.05) is 20.5 Å². The summed E-state index contributed by atoms with van der Waals surface area (Å²) in [5.74, 6) is 0.619. The average molecular weight is 502 g/mol. The van der Waals surface area contributed by atoms with E-state index in [4.69, 9.17) is 18.9 Å². The fourth-order valence-electron chi connectivity index (χ4n) is 4.55. The van der Waals surface area contributed by atoms with Gasteiger partial charge in [-0.25, -0.2) is 0 Å². The molecule has 0 bridgehead atoms. The van der Waals surface area contributed by atoms with E-state index < -0.39 is 17.7 Å². The van der Waals surface area contributed by atoms with Crippen molar-refractivity contribution in [2.45, 2.75) is 25.9 Å². The van der Waals surface area contributed by atoms with Crippen molar-refractivity contribution < 1.29 is 33.6 Å². The summed E-state index contributed by atoms with van der Waals surface area (Å²) in [5.41, 5.74) is 1.79. The molecule has 0 saturated carbocycles. The van der Waals surface area contributed by atoms with E-state index in [1.54, 1.807) is 67.8 Å². The van der Waals surface area contributed by atoms with Crippen molar-refractivity contribution >= 4 is 17.4 Å². The van der Waals surface area contributed by atoms with E-state index in [0.717, 1.165) is 12.0 Å². The molecule has 0 aliphatic carbocycles. The first-order chi connectivity index (χ1) is 18.0. The Morgan fingerprint density at radius 2 is 1.78 bits per heavy atom. The van der Waals surface area contributed by atoms with Crippen molar-refractivity contribution in [1.29, 1.82) is 0 Å². The number of aliphatic hydroxyl groups excluding tert-OH is 1. The number of ketones is 1. The number of methoxy groups -OCH3 is 1. The van der Waals surface area contributed by atoms with Crippen LogP contribution in [-0.2, 0) is 16.1 Å². The molecule has 3 aromatic rings. The molecule has 0 spiro atoms. The maximum absolute atomic E-state index is 13.4. The molecule has 5 rings (SSSR count). The summed E-state index contributed by atoms with van der Waals surface area (Å²) in [6.45, 7) is 2.78. The molecule has 3 aromatic carbocycles. The highest BCUT2D eigenvalue weighted by Gasteiger charge is 2.46. The lowest BCUT2D eigenvalue weighted by Gasteiger charge is -2.26. The van der Waals surface area contributed by atoms with Crippen LogP contribution in [0.4, 0.5) is 0 Å². The predicted molar refractivity (Wildman–Crippen MR) is 136 cm³/mol. The van der Waals surface area contributed by atoms with E-state index in [0.29, 0.717) is 40.7 Å². The van der Waals surface area contributed by atoms with Crippen molar-refractivity contribution in [2.24, 2.45) is 0 Å². The highest BCUT2D eigenvalue weighted by molar-refractivity contribution is 6.46. The molecule has 37 heavy (non-hydrogen) atoms. The number of benzene rings is 3. The number of aliphatic hydroxyl groups is 1. The minimum atomic E-state index is -0.833. The van der Waals surface area contributed by atoms with Crippen LogP contribution in [0.5, 0.6) is 23.0 Å². The predicted octanol–water partition coefficient (Wildman–Crippen LogP) is 4.83. The van der Waals surface area contributed by atoms with Gasteiger partial charge < -0.3 is 29.0 Å². The number of hydrogen-bond donors (Lipinski definition) is 1. The lowest BCUT2D eigenvalue weighted by Crippen LogP contribution is -2.29. The fraction of sp³-hybridized carbons (Fsp3) is 0.241. The first-order valence-electron chi connectivity index (χ1n) is 12.0. The molecule has 8 nitrogen and oxygen atoms in total. The third kappa shape index (κ3) is 4.70. The van der Waals surface area contributed by atoms with Gasteiger partial charge in [0.15, 0.2) is 11.5 Å². The Labute approximate surface area is 214 Å². The van der Waals surface area contributed by atoms with E-state index >= 15 is 0 Å². The zero-order valence-corrected chi connectivity index (χ0v) is 20.6. The van der Waals surface area contributed by atoms with Crippen LogP contribution in [0.15, 0.2) is 72.3 Å². The van der Waals surface area contributed by atoms with Gasteiger partial charge in [0.2, 0.25) is 6.79 Å². The van der Waals surface area contributed by atoms with Gasteiger partial charge in [-0.3, -0.25) is 9.59 Å². The molecule has 1 amide bonds. The molecular formula is C29H27NO7. The molecule has 2 aliphatic rings. The summed E-state index contributed by atoms with van der Waals surface area (Å²) in [5, 5.41) is 11.4. The number of Topliss-reactive ketones (excluding diaryl/α,β-unsaturated/α-hetero) is 1. The van der Waals surface area contributed by atoms with E-state index in [1.807, 2.05) is 13.0 Å². The molecule has 1 atom stereocenters. The van der Waals surface area contributed by atoms with Gasteiger partial charge in [0.05, 0.1) is 25.3 Å². The van der Waals surface area contributed by atoms with Crippen LogP contribution in [0, 0.1) is 0 Å². The van der Waals surface area contributed by atoms with Gasteiger partial charge in [-0.15, -0.1) is 0 Å². The summed E-state index contributed by atoms with van der Waals surface area (Å²) in [4.78, 5) is 28.2. The van der Waals surface area contributed by atoms with Gasteiger partial charge in [0, 0.05) is 12.1 Å². The van der Waals surface area contributed by atoms with Crippen LogP contribution < -0.4 is 18.9 Å². The minimum Gasteiger partial charge on any atom is -0.507 e. The second-order valence-corrected chi connectivity index (χ2v) is 8.77. The van der Waals surface area contributed by atoms with Gasteiger partial charge in [-0.2, -0.15) is 0 Å². The summed E-state index contributed by atoms with van der Waals surface area (Å²) in [7, 11) is 1.55. The number of rotatable bonds is 8. The number of fused-ring (bicyclic) bond motifs is 1. The van der Waals surface area contributed by atoms with Gasteiger partial charge in [-0.05, 0) is 53.9 Å². The summed E-state index contributed by atoms with van der Waals surface area (Å²) in [6, 6.07) is 18.6. The van der Waals surface area contributed by atoms with Crippen LogP contribution in [0.25, 0.3) is 5.76 Å². The number of nitrogens with zero attached hydrogens (tertiary/aromatic N) is 1. The molecule has 8 heteroatoms. The zero-order chi connectivity index (χ0) is 25.9. The molecular weight excluding hydrogens is 474 g/mol. The number of ether oxygens (including phenoxy) is 4. The second kappa shape index (κ2) is 10.3. The Balaban J connectivity index is 1.59. The van der Waals surface area contributed by atoms with Crippen molar-refractivity contribution in [1.82, 2.24) is 4.90 Å². The van der Waals surface area contributed by atoms with E-state index in [-0.39, 0.29) is 24.7 Å². The Morgan fingerprint density at radius 3 is 2.59 bits per heavy atom. The van der Waals surface area contributed by atoms with Crippen LogP contribution in [0.2, 0.25) is 0 Å². The SMILES string of the molecule is CCCOc1cccc(/C(O)=C2\C(=O)C(=O)N(Cc3ccc4c(c3)OCO4)C2c2cccc(OC)c2)c1. The highest BCUT2D eigenvalue weighted by Crippen LogP contribution is 2.42. The van der Waals surface area contributed by atoms with Gasteiger partial charge >= 0.3 is 0 Å². The number of carbonyl (C=O) groups excluding carboxylic acids is 2. The Bertz CT molecular complexity index is 1380. The van der Waals surface area contributed by atoms with Crippen molar-refractivity contribution in [3.63, 3.8) is 0 Å². The highest BCUT2D eigenvalue weighted by atomic mass is 16.7. The quantitative estimate of drug-likeness (QED) is 0.268. The monoisotopic (exact) mass is 501 g/mol. The number of hydrogen-bond acceptors (Lipinski definition) is 7. The molecule has 1 fully saturated rings. The third-order valence-electron chi connectivity index (χ3n) is 6.32. The van der Waals surface area contributed by atoms with Crippen LogP contribution >= 0.6 is 0 Å². The standard InChI is InChI=1S/C29H27NO7/c1-3-12-35-22-9-5-7-20(15-22)27(31)25-26(19-6-4-8-21(14-19)34-2)30(29(33)28(25)32)16-18-10-11-23-24(13-18)37-17-36-23/h4-11,13-15,26,31H,3,12,16-17H2,1-2H3/b27-25+. The maximum atomic E-state index is 13.4. The van der Waals surface area contributed by atoms with Gasteiger partial charge in [-0.1, -0.05) is 37.3 Å². The summed E-state index contributed by atoms with van der Waals surface area (Å²) >= 11 is 0. The maximum Gasteiger partial charge on any atom is 0.295 e. The van der Waals surface area contributed by atoms with E-state index in [2.05, 4.69) is 0 Å². The van der Waals surface area contributed by atoms with Crippen LogP contribution in [0.1, 0.15) is 36.1 Å². The van der Waals surface area contributed by atoms with Gasteiger partial charge in [0.1, 0.15) is 17.3 Å². The first-order valence-corrected chi connectivity index (χ1v) is 12.0. The lowest BCUT2D eigenvalue weighted by atomic mass is 9.95. The topological polar surface area (TPSA) is 94.5 Å². The normalized spacial score (nSPS) is 17.8. The fourth-order valence-corrected chi connectivity index (χ4v) is 4.55. The van der Waals surface area contributed by atoms with Crippen LogP contribution in [0.3, 0.4) is 0 Å². The van der Waals surface area contributed by atoms with Crippen molar-refractivity contribution in [3.05, 3.63) is 89.0 Å². The van der Waals surface area contributed by atoms with Gasteiger partial charge in [0.25, 0.3) is 11.7 Å². The lowest BCUT2D eigenvalue weighted by molar-refractivity contribution is -0.140. The summed E-state index contributed by atoms with van der Waals surface area (Å²) in [6.07, 6.45) is 0.830. The third-order valence-corrected chi connectivity index (χ3v) is 6.32. The smallest absolute Gasteiger partial charge is 0.295 e.